The number of aliphatic hydroxyl groups is 1. The second-order valence-electron chi connectivity index (χ2n) is 3.98. The van der Waals surface area contributed by atoms with Crippen molar-refractivity contribution in [2.24, 2.45) is 5.92 Å². The maximum Gasteiger partial charge on any atom is 0.329 e. The van der Waals surface area contributed by atoms with E-state index in [4.69, 9.17) is 0 Å². The highest BCUT2D eigenvalue weighted by Crippen LogP contribution is 2.44. The van der Waals surface area contributed by atoms with Crippen LogP contribution in [0, 0.1) is 5.92 Å². The third-order valence-corrected chi connectivity index (χ3v) is 3.78. The molecule has 1 aliphatic carbocycles. The molecule has 0 spiro atoms. The van der Waals surface area contributed by atoms with Gasteiger partial charge in [0.25, 0.3) is 0 Å². The molecule has 0 bridgehead atoms. The third-order valence-electron chi connectivity index (χ3n) is 2.97. The standard InChI is InChI=1S/C9H15BrF2O/c1-8(13,9(10,11)12)7-5-3-2-4-6-7/h7,13H,2-6H2,1H3. The Balaban J connectivity index is 2.67. The van der Waals surface area contributed by atoms with Crippen LogP contribution in [0.4, 0.5) is 8.78 Å². The van der Waals surface area contributed by atoms with Crippen LogP contribution in [-0.4, -0.2) is 15.5 Å². The molecule has 0 saturated heterocycles. The smallest absolute Gasteiger partial charge is 0.329 e. The van der Waals surface area contributed by atoms with E-state index in [1.165, 1.54) is 6.92 Å². The van der Waals surface area contributed by atoms with E-state index in [2.05, 4.69) is 15.9 Å². The van der Waals surface area contributed by atoms with Crippen LogP contribution in [0.2, 0.25) is 0 Å². The van der Waals surface area contributed by atoms with Crippen molar-refractivity contribution in [3.63, 3.8) is 0 Å². The quantitative estimate of drug-likeness (QED) is 0.752. The molecule has 1 unspecified atom stereocenters. The number of hydrogen-bond donors (Lipinski definition) is 1. The molecule has 78 valence electrons. The van der Waals surface area contributed by atoms with Gasteiger partial charge in [0.2, 0.25) is 0 Å². The van der Waals surface area contributed by atoms with Crippen molar-refractivity contribution in [2.45, 2.75) is 49.5 Å². The van der Waals surface area contributed by atoms with Gasteiger partial charge in [-0.05, 0) is 41.6 Å². The number of rotatable bonds is 2. The molecule has 1 aliphatic rings. The second-order valence-corrected chi connectivity index (χ2v) is 4.98. The third kappa shape index (κ3) is 2.40. The summed E-state index contributed by atoms with van der Waals surface area (Å²) >= 11 is 2.25. The van der Waals surface area contributed by atoms with E-state index < -0.39 is 10.4 Å². The minimum Gasteiger partial charge on any atom is -0.383 e. The van der Waals surface area contributed by atoms with Gasteiger partial charge in [-0.3, -0.25) is 0 Å². The first-order chi connectivity index (χ1) is 5.86. The lowest BCUT2D eigenvalue weighted by atomic mass is 9.78. The number of alkyl halides is 3. The van der Waals surface area contributed by atoms with Gasteiger partial charge >= 0.3 is 4.83 Å². The Morgan fingerprint density at radius 3 is 2.08 bits per heavy atom. The molecule has 1 nitrogen and oxygen atoms in total. The van der Waals surface area contributed by atoms with Crippen molar-refractivity contribution in [1.29, 1.82) is 0 Å². The van der Waals surface area contributed by atoms with Gasteiger partial charge in [-0.25, -0.2) is 0 Å². The van der Waals surface area contributed by atoms with Crippen LogP contribution >= 0.6 is 15.9 Å². The highest BCUT2D eigenvalue weighted by molar-refractivity contribution is 9.10. The molecule has 0 aromatic heterocycles. The Labute approximate surface area is 85.6 Å². The lowest BCUT2D eigenvalue weighted by Gasteiger charge is -2.38. The first kappa shape index (κ1) is 11.4. The fourth-order valence-corrected chi connectivity index (χ4v) is 2.22. The predicted molar refractivity (Wildman–Crippen MR) is 51.1 cm³/mol. The summed E-state index contributed by atoms with van der Waals surface area (Å²) in [5, 5.41) is 9.68. The number of hydrogen-bond acceptors (Lipinski definition) is 1. The van der Waals surface area contributed by atoms with Crippen molar-refractivity contribution in [3.8, 4) is 0 Å². The molecular formula is C9H15BrF2O. The first-order valence-corrected chi connectivity index (χ1v) is 5.44. The van der Waals surface area contributed by atoms with Gasteiger partial charge in [0.1, 0.15) is 5.60 Å². The van der Waals surface area contributed by atoms with Gasteiger partial charge in [-0.1, -0.05) is 19.3 Å². The minimum absolute atomic E-state index is 0.282. The van der Waals surface area contributed by atoms with Gasteiger partial charge in [0.05, 0.1) is 0 Å². The summed E-state index contributed by atoms with van der Waals surface area (Å²) in [6, 6.07) is 0. The SMILES string of the molecule is CC(O)(C1CCCCC1)C(F)(F)Br. The molecule has 1 N–H and O–H groups in total. The van der Waals surface area contributed by atoms with E-state index in [0.29, 0.717) is 12.8 Å². The largest absolute Gasteiger partial charge is 0.383 e. The fraction of sp³-hybridized carbons (Fsp3) is 1.00. The molecule has 1 rings (SSSR count). The van der Waals surface area contributed by atoms with Crippen LogP contribution in [0.1, 0.15) is 39.0 Å². The van der Waals surface area contributed by atoms with Gasteiger partial charge in [0, 0.05) is 0 Å². The van der Waals surface area contributed by atoms with Crippen molar-refractivity contribution in [3.05, 3.63) is 0 Å². The van der Waals surface area contributed by atoms with E-state index in [1.54, 1.807) is 0 Å². The molecule has 0 aromatic carbocycles. The fourth-order valence-electron chi connectivity index (χ4n) is 1.90. The Hall–Kier alpha value is 0.300. The first-order valence-electron chi connectivity index (χ1n) is 4.65. The maximum atomic E-state index is 13.0. The number of halogens is 3. The van der Waals surface area contributed by atoms with E-state index in [-0.39, 0.29) is 5.92 Å². The zero-order valence-electron chi connectivity index (χ0n) is 7.69. The topological polar surface area (TPSA) is 20.2 Å². The van der Waals surface area contributed by atoms with Crippen LogP contribution in [-0.2, 0) is 0 Å². The zero-order valence-corrected chi connectivity index (χ0v) is 9.28. The normalized spacial score (nSPS) is 25.6. The molecule has 0 heterocycles. The Morgan fingerprint density at radius 1 is 1.23 bits per heavy atom. The summed E-state index contributed by atoms with van der Waals surface area (Å²) in [4.78, 5) is -3.18. The van der Waals surface area contributed by atoms with Gasteiger partial charge < -0.3 is 5.11 Å². The van der Waals surface area contributed by atoms with E-state index in [1.807, 2.05) is 0 Å². The van der Waals surface area contributed by atoms with Crippen molar-refractivity contribution < 1.29 is 13.9 Å². The zero-order chi connectivity index (χ0) is 10.1. The highest BCUT2D eigenvalue weighted by Gasteiger charge is 2.51. The van der Waals surface area contributed by atoms with Crippen LogP contribution in [0.3, 0.4) is 0 Å². The lowest BCUT2D eigenvalue weighted by molar-refractivity contribution is -0.144. The molecule has 0 aliphatic heterocycles. The summed E-state index contributed by atoms with van der Waals surface area (Å²) in [5.74, 6) is -0.282. The van der Waals surface area contributed by atoms with Gasteiger partial charge in [-0.2, -0.15) is 8.78 Å². The van der Waals surface area contributed by atoms with E-state index in [9.17, 15) is 13.9 Å². The van der Waals surface area contributed by atoms with Crippen LogP contribution in [0.25, 0.3) is 0 Å². The molecule has 0 aromatic rings. The Morgan fingerprint density at radius 2 is 1.69 bits per heavy atom. The summed E-state index contributed by atoms with van der Waals surface area (Å²) in [5.41, 5.74) is -1.91. The average Bonchev–Trinajstić information content (AvgIpc) is 2.04. The predicted octanol–water partition coefficient (Wildman–Crippen LogP) is 3.31. The molecule has 0 amide bonds. The molecule has 1 saturated carbocycles. The summed E-state index contributed by atoms with van der Waals surface area (Å²) in [6.45, 7) is 1.22. The summed E-state index contributed by atoms with van der Waals surface area (Å²) in [7, 11) is 0. The van der Waals surface area contributed by atoms with E-state index in [0.717, 1.165) is 19.3 Å². The average molecular weight is 257 g/mol. The molecule has 4 heteroatoms. The summed E-state index contributed by atoms with van der Waals surface area (Å²) < 4.78 is 25.9. The molecule has 13 heavy (non-hydrogen) atoms. The van der Waals surface area contributed by atoms with Crippen molar-refractivity contribution in [1.82, 2.24) is 0 Å². The van der Waals surface area contributed by atoms with E-state index >= 15 is 0 Å². The van der Waals surface area contributed by atoms with Crippen LogP contribution in [0.15, 0.2) is 0 Å². The second kappa shape index (κ2) is 3.81. The monoisotopic (exact) mass is 256 g/mol. The minimum atomic E-state index is -3.18. The maximum absolute atomic E-state index is 13.0. The molecule has 1 atom stereocenters. The Kier molecular flexibility index (Phi) is 3.33. The van der Waals surface area contributed by atoms with Crippen LogP contribution < -0.4 is 0 Å². The van der Waals surface area contributed by atoms with Crippen LogP contribution in [0.5, 0.6) is 0 Å². The van der Waals surface area contributed by atoms with Gasteiger partial charge in [-0.15, -0.1) is 0 Å². The summed E-state index contributed by atoms with van der Waals surface area (Å²) in [6.07, 6.45) is 4.40. The van der Waals surface area contributed by atoms with Gasteiger partial charge in [0.15, 0.2) is 0 Å². The van der Waals surface area contributed by atoms with Crippen molar-refractivity contribution >= 4 is 15.9 Å². The highest BCUT2D eigenvalue weighted by atomic mass is 79.9. The van der Waals surface area contributed by atoms with Crippen molar-refractivity contribution in [2.75, 3.05) is 0 Å². The lowest BCUT2D eigenvalue weighted by Crippen LogP contribution is -2.48. The molecule has 0 radical (unpaired) electrons. The molecular weight excluding hydrogens is 242 g/mol. The Bertz CT molecular complexity index is 171. The molecule has 1 fully saturated rings.